The average Bonchev–Trinajstić information content (AvgIpc) is 2.54. The molecule has 0 amide bonds. The molecule has 0 aliphatic carbocycles. The normalized spacial score (nSPS) is 12.1. The summed E-state index contributed by atoms with van der Waals surface area (Å²) in [5.41, 5.74) is 1.16. The standard InChI is InChI=1S/C17H23Cl2NO2/c1-2-14-22-17(21)9-8-16(15-6-4-3-5-7-15)20(12-10-18)13-11-19/h2-7,16H,1,8-14H2. The summed E-state index contributed by atoms with van der Waals surface area (Å²) in [6, 6.07) is 10.2. The zero-order valence-electron chi connectivity index (χ0n) is 12.7. The molecule has 0 aromatic heterocycles. The van der Waals surface area contributed by atoms with E-state index in [2.05, 4.69) is 23.6 Å². The van der Waals surface area contributed by atoms with E-state index in [-0.39, 0.29) is 18.6 Å². The number of hydrogen-bond acceptors (Lipinski definition) is 3. The van der Waals surface area contributed by atoms with Crippen LogP contribution in [0.2, 0.25) is 0 Å². The molecule has 5 heteroatoms. The molecule has 0 bridgehead atoms. The van der Waals surface area contributed by atoms with Gasteiger partial charge in [0.25, 0.3) is 0 Å². The number of carbonyl (C=O) groups is 1. The maximum atomic E-state index is 11.7. The highest BCUT2D eigenvalue weighted by Crippen LogP contribution is 2.26. The first-order valence-corrected chi connectivity index (χ1v) is 8.47. The molecule has 0 saturated heterocycles. The molecule has 1 unspecified atom stereocenters. The van der Waals surface area contributed by atoms with Crippen LogP contribution < -0.4 is 0 Å². The van der Waals surface area contributed by atoms with E-state index in [0.29, 0.717) is 24.6 Å². The number of alkyl halides is 2. The van der Waals surface area contributed by atoms with Crippen LogP contribution in [0.5, 0.6) is 0 Å². The van der Waals surface area contributed by atoms with Crippen LogP contribution in [0.4, 0.5) is 0 Å². The molecule has 0 aliphatic rings. The third kappa shape index (κ3) is 6.82. The van der Waals surface area contributed by atoms with Crippen molar-refractivity contribution in [3.63, 3.8) is 0 Å². The summed E-state index contributed by atoms with van der Waals surface area (Å²) in [7, 11) is 0. The van der Waals surface area contributed by atoms with Crippen molar-refractivity contribution in [2.24, 2.45) is 0 Å². The molecule has 1 atom stereocenters. The van der Waals surface area contributed by atoms with Crippen molar-refractivity contribution in [3.8, 4) is 0 Å². The lowest BCUT2D eigenvalue weighted by Gasteiger charge is -2.31. The topological polar surface area (TPSA) is 29.5 Å². The van der Waals surface area contributed by atoms with Gasteiger partial charge in [0.2, 0.25) is 0 Å². The van der Waals surface area contributed by atoms with Gasteiger partial charge in [0.15, 0.2) is 0 Å². The Bertz CT molecular complexity index is 434. The third-order valence-electron chi connectivity index (χ3n) is 3.35. The van der Waals surface area contributed by atoms with Crippen molar-refractivity contribution in [1.82, 2.24) is 4.90 Å². The lowest BCUT2D eigenvalue weighted by Crippen LogP contribution is -2.33. The van der Waals surface area contributed by atoms with Gasteiger partial charge in [-0.3, -0.25) is 9.69 Å². The fraction of sp³-hybridized carbons (Fsp3) is 0.471. The van der Waals surface area contributed by atoms with E-state index < -0.39 is 0 Å². The number of benzene rings is 1. The highest BCUT2D eigenvalue weighted by Gasteiger charge is 2.21. The maximum Gasteiger partial charge on any atom is 0.306 e. The molecule has 0 fully saturated rings. The number of hydrogen-bond donors (Lipinski definition) is 0. The second kappa shape index (κ2) is 11.5. The molecule has 1 aromatic carbocycles. The van der Waals surface area contributed by atoms with Gasteiger partial charge >= 0.3 is 5.97 Å². The van der Waals surface area contributed by atoms with Gasteiger partial charge in [-0.25, -0.2) is 0 Å². The SMILES string of the molecule is C=CCOC(=O)CCC(c1ccccc1)N(CCCl)CCCl. The number of halogens is 2. The van der Waals surface area contributed by atoms with E-state index in [1.165, 1.54) is 0 Å². The zero-order valence-corrected chi connectivity index (χ0v) is 14.2. The number of esters is 1. The van der Waals surface area contributed by atoms with E-state index in [1.807, 2.05) is 18.2 Å². The van der Waals surface area contributed by atoms with E-state index >= 15 is 0 Å². The van der Waals surface area contributed by atoms with Crippen LogP contribution in [0.15, 0.2) is 43.0 Å². The minimum Gasteiger partial charge on any atom is -0.461 e. The minimum atomic E-state index is -0.211. The van der Waals surface area contributed by atoms with Crippen molar-refractivity contribution in [2.75, 3.05) is 31.5 Å². The van der Waals surface area contributed by atoms with Crippen LogP contribution in [0.3, 0.4) is 0 Å². The van der Waals surface area contributed by atoms with Gasteiger partial charge in [-0.15, -0.1) is 23.2 Å². The Hall–Kier alpha value is -1.03. The Morgan fingerprint density at radius 3 is 2.41 bits per heavy atom. The van der Waals surface area contributed by atoms with Crippen LogP contribution in [0, 0.1) is 0 Å². The summed E-state index contributed by atoms with van der Waals surface area (Å²) >= 11 is 11.8. The van der Waals surface area contributed by atoms with Crippen LogP contribution in [-0.4, -0.2) is 42.3 Å². The Kier molecular flexibility index (Phi) is 9.96. The van der Waals surface area contributed by atoms with Gasteiger partial charge in [0, 0.05) is 37.3 Å². The predicted molar refractivity (Wildman–Crippen MR) is 92.6 cm³/mol. The summed E-state index contributed by atoms with van der Waals surface area (Å²) in [5.74, 6) is 0.847. The number of carbonyl (C=O) groups excluding carboxylic acids is 1. The van der Waals surface area contributed by atoms with E-state index in [1.54, 1.807) is 6.08 Å². The summed E-state index contributed by atoms with van der Waals surface area (Å²) in [4.78, 5) is 14.0. The Labute approximate surface area is 142 Å². The second-order valence-electron chi connectivity index (χ2n) is 4.85. The van der Waals surface area contributed by atoms with Gasteiger partial charge in [-0.05, 0) is 12.0 Å². The van der Waals surface area contributed by atoms with Crippen LogP contribution in [0.25, 0.3) is 0 Å². The van der Waals surface area contributed by atoms with Crippen molar-refractivity contribution in [3.05, 3.63) is 48.6 Å². The first kappa shape index (κ1) is 19.0. The molecule has 0 saturated carbocycles. The number of nitrogens with zero attached hydrogens (tertiary/aromatic N) is 1. The molecule has 0 spiro atoms. The highest BCUT2D eigenvalue weighted by atomic mass is 35.5. The lowest BCUT2D eigenvalue weighted by atomic mass is 10.00. The zero-order chi connectivity index (χ0) is 16.2. The summed E-state index contributed by atoms with van der Waals surface area (Å²) < 4.78 is 5.05. The third-order valence-corrected chi connectivity index (χ3v) is 3.69. The molecule has 0 aliphatic heterocycles. The largest absolute Gasteiger partial charge is 0.461 e. The highest BCUT2D eigenvalue weighted by molar-refractivity contribution is 6.18. The van der Waals surface area contributed by atoms with Gasteiger partial charge in [0.05, 0.1) is 0 Å². The molecule has 122 valence electrons. The molecule has 0 heterocycles. The number of rotatable bonds is 11. The quantitative estimate of drug-likeness (QED) is 0.345. The van der Waals surface area contributed by atoms with Crippen LogP contribution in [-0.2, 0) is 9.53 Å². The molecular formula is C17H23Cl2NO2. The Balaban J connectivity index is 2.77. The molecule has 0 radical (unpaired) electrons. The van der Waals surface area contributed by atoms with Crippen molar-refractivity contribution >= 4 is 29.2 Å². The van der Waals surface area contributed by atoms with Crippen LogP contribution in [0.1, 0.15) is 24.4 Å². The first-order valence-electron chi connectivity index (χ1n) is 7.40. The molecule has 1 rings (SSSR count). The van der Waals surface area contributed by atoms with Gasteiger partial charge in [-0.2, -0.15) is 0 Å². The molecular weight excluding hydrogens is 321 g/mol. The summed E-state index contributed by atoms with van der Waals surface area (Å²) in [6.07, 6.45) is 2.60. The fourth-order valence-electron chi connectivity index (χ4n) is 2.35. The molecule has 1 aromatic rings. The maximum absolute atomic E-state index is 11.7. The van der Waals surface area contributed by atoms with Crippen molar-refractivity contribution in [2.45, 2.75) is 18.9 Å². The van der Waals surface area contributed by atoms with Gasteiger partial charge in [0.1, 0.15) is 6.61 Å². The smallest absolute Gasteiger partial charge is 0.306 e. The summed E-state index contributed by atoms with van der Waals surface area (Å²) in [5, 5.41) is 0. The van der Waals surface area contributed by atoms with Gasteiger partial charge < -0.3 is 4.74 Å². The Morgan fingerprint density at radius 1 is 1.23 bits per heavy atom. The van der Waals surface area contributed by atoms with E-state index in [0.717, 1.165) is 18.7 Å². The predicted octanol–water partition coefficient (Wildman–Crippen LogP) is 4.02. The van der Waals surface area contributed by atoms with Crippen LogP contribution >= 0.6 is 23.2 Å². The fourth-order valence-corrected chi connectivity index (χ4v) is 2.79. The summed E-state index contributed by atoms with van der Waals surface area (Å²) in [6.45, 7) is 5.25. The second-order valence-corrected chi connectivity index (χ2v) is 5.61. The lowest BCUT2D eigenvalue weighted by molar-refractivity contribution is -0.142. The Morgan fingerprint density at radius 2 is 1.86 bits per heavy atom. The van der Waals surface area contributed by atoms with Gasteiger partial charge in [-0.1, -0.05) is 43.0 Å². The first-order chi connectivity index (χ1) is 10.7. The molecule has 0 N–H and O–H groups in total. The molecule has 3 nitrogen and oxygen atoms in total. The minimum absolute atomic E-state index is 0.106. The van der Waals surface area contributed by atoms with Crippen molar-refractivity contribution < 1.29 is 9.53 Å². The van der Waals surface area contributed by atoms with Crippen molar-refractivity contribution in [1.29, 1.82) is 0 Å². The average molecular weight is 344 g/mol. The molecule has 22 heavy (non-hydrogen) atoms. The van der Waals surface area contributed by atoms with E-state index in [9.17, 15) is 4.79 Å². The van der Waals surface area contributed by atoms with E-state index in [4.69, 9.17) is 27.9 Å². The monoisotopic (exact) mass is 343 g/mol. The number of ether oxygens (including phenoxy) is 1.